The topological polar surface area (TPSA) is 49.9 Å². The van der Waals surface area contributed by atoms with Gasteiger partial charge in [-0.15, -0.1) is 11.3 Å². The highest BCUT2D eigenvalue weighted by atomic mass is 35.5. The Bertz CT molecular complexity index is 739. The number of piperidine rings is 1. The van der Waals surface area contributed by atoms with E-state index < -0.39 is 0 Å². The van der Waals surface area contributed by atoms with Gasteiger partial charge in [0.2, 0.25) is 11.8 Å². The van der Waals surface area contributed by atoms with Gasteiger partial charge in [-0.2, -0.15) is 0 Å². The summed E-state index contributed by atoms with van der Waals surface area (Å²) in [5, 5.41) is 0. The Balaban J connectivity index is 1.41. The lowest BCUT2D eigenvalue weighted by molar-refractivity contribution is -0.144. The van der Waals surface area contributed by atoms with Crippen molar-refractivity contribution in [1.29, 1.82) is 0 Å². The maximum atomic E-state index is 12.9. The Kier molecular flexibility index (Phi) is 4.84. The largest absolute Gasteiger partial charge is 0.369 e. The first-order valence-corrected chi connectivity index (χ1v) is 10.3. The molecule has 0 aliphatic carbocycles. The first-order chi connectivity index (χ1) is 12.5. The highest BCUT2D eigenvalue weighted by molar-refractivity contribution is 7.16. The number of thiophene rings is 1. The molecule has 5 nitrogen and oxygen atoms in total. The molecule has 2 amide bonds. The molecule has 4 rings (SSSR count). The Morgan fingerprint density at radius 3 is 2.81 bits per heavy atom. The number of halogens is 1. The second kappa shape index (κ2) is 6.98. The maximum absolute atomic E-state index is 12.9. The van der Waals surface area contributed by atoms with E-state index in [0.29, 0.717) is 26.2 Å². The maximum Gasteiger partial charge on any atom is 0.245 e. The molecular weight excluding hydrogens is 372 g/mol. The van der Waals surface area contributed by atoms with Crippen LogP contribution in [0.1, 0.15) is 29.7 Å². The summed E-state index contributed by atoms with van der Waals surface area (Å²) in [4.78, 5) is 29.5. The highest BCUT2D eigenvalue weighted by Gasteiger charge is 2.44. The average Bonchev–Trinajstić information content (AvgIpc) is 3.28. The lowest BCUT2D eigenvalue weighted by Crippen LogP contribution is -2.49. The Hall–Kier alpha value is -1.37. The van der Waals surface area contributed by atoms with Crippen LogP contribution in [0.4, 0.5) is 0 Å². The summed E-state index contributed by atoms with van der Waals surface area (Å²) in [7, 11) is 0. The van der Waals surface area contributed by atoms with Gasteiger partial charge in [0, 0.05) is 31.1 Å². The van der Waals surface area contributed by atoms with Crippen molar-refractivity contribution in [3.63, 3.8) is 0 Å². The molecule has 0 aromatic carbocycles. The minimum atomic E-state index is -0.275. The number of nitrogens with zero attached hydrogens (tertiary/aromatic N) is 2. The number of rotatable bonds is 2. The third-order valence-electron chi connectivity index (χ3n) is 5.85. The number of carbonyl (C=O) groups excluding carboxylic acids is 2. The molecule has 1 aromatic rings. The highest BCUT2D eigenvalue weighted by Crippen LogP contribution is 2.46. The first-order valence-electron chi connectivity index (χ1n) is 9.15. The van der Waals surface area contributed by atoms with E-state index in [1.165, 1.54) is 16.5 Å². The fourth-order valence-electron chi connectivity index (χ4n) is 4.40. The lowest BCUT2D eigenvalue weighted by atomic mass is 9.85. The van der Waals surface area contributed by atoms with Gasteiger partial charge in [0.15, 0.2) is 0 Å². The minimum absolute atomic E-state index is 0.0874. The molecular formula is C19H23ClN2O3S. The average molecular weight is 395 g/mol. The zero-order valence-corrected chi connectivity index (χ0v) is 16.3. The molecule has 2 saturated heterocycles. The van der Waals surface area contributed by atoms with E-state index in [1.807, 2.05) is 4.90 Å². The monoisotopic (exact) mass is 394 g/mol. The number of likely N-dealkylation sites (tertiary alicyclic amines) is 2. The molecule has 3 aliphatic rings. The molecule has 4 heterocycles. The third kappa shape index (κ3) is 3.08. The molecule has 1 unspecified atom stereocenters. The van der Waals surface area contributed by atoms with Gasteiger partial charge in [0.05, 0.1) is 16.9 Å². The summed E-state index contributed by atoms with van der Waals surface area (Å²) in [6.45, 7) is 6.77. The van der Waals surface area contributed by atoms with E-state index in [4.69, 9.17) is 16.3 Å². The van der Waals surface area contributed by atoms with E-state index in [0.717, 1.165) is 36.6 Å². The number of fused-ring (bicyclic) bond motifs is 2. The van der Waals surface area contributed by atoms with Crippen molar-refractivity contribution in [1.82, 2.24) is 9.80 Å². The van der Waals surface area contributed by atoms with Crippen LogP contribution in [0.2, 0.25) is 4.34 Å². The van der Waals surface area contributed by atoms with Crippen molar-refractivity contribution < 1.29 is 14.3 Å². The van der Waals surface area contributed by atoms with Gasteiger partial charge in [-0.05, 0) is 43.4 Å². The third-order valence-corrected chi connectivity index (χ3v) is 7.34. The van der Waals surface area contributed by atoms with Crippen molar-refractivity contribution in [2.24, 2.45) is 5.92 Å². The van der Waals surface area contributed by atoms with Gasteiger partial charge in [-0.3, -0.25) is 9.59 Å². The van der Waals surface area contributed by atoms with E-state index in [9.17, 15) is 9.59 Å². The Labute approximate surface area is 162 Å². The molecule has 1 atom stereocenters. The zero-order chi connectivity index (χ0) is 18.3. The van der Waals surface area contributed by atoms with Gasteiger partial charge in [-0.1, -0.05) is 18.2 Å². The molecule has 0 saturated carbocycles. The quantitative estimate of drug-likeness (QED) is 0.725. The van der Waals surface area contributed by atoms with Crippen LogP contribution < -0.4 is 0 Å². The first kappa shape index (κ1) is 18.0. The smallest absolute Gasteiger partial charge is 0.245 e. The van der Waals surface area contributed by atoms with E-state index in [-0.39, 0.29) is 23.3 Å². The summed E-state index contributed by atoms with van der Waals surface area (Å²) in [6.07, 6.45) is 4.59. The molecule has 1 spiro atoms. The van der Waals surface area contributed by atoms with Crippen LogP contribution in [-0.2, 0) is 26.3 Å². The van der Waals surface area contributed by atoms with Crippen LogP contribution in [-0.4, -0.2) is 54.4 Å². The second-order valence-electron chi connectivity index (χ2n) is 7.30. The van der Waals surface area contributed by atoms with Gasteiger partial charge in [0.1, 0.15) is 5.60 Å². The lowest BCUT2D eigenvalue weighted by Gasteiger charge is -2.44. The van der Waals surface area contributed by atoms with Crippen molar-refractivity contribution in [3.8, 4) is 0 Å². The van der Waals surface area contributed by atoms with E-state index >= 15 is 0 Å². The van der Waals surface area contributed by atoms with Crippen molar-refractivity contribution >= 4 is 34.8 Å². The molecule has 140 valence electrons. The number of carbonyl (C=O) groups is 2. The van der Waals surface area contributed by atoms with E-state index in [2.05, 4.69) is 12.6 Å². The zero-order valence-electron chi connectivity index (χ0n) is 14.7. The van der Waals surface area contributed by atoms with Crippen molar-refractivity contribution in [3.05, 3.63) is 33.5 Å². The summed E-state index contributed by atoms with van der Waals surface area (Å²) >= 11 is 7.85. The summed E-state index contributed by atoms with van der Waals surface area (Å²) < 4.78 is 7.03. The fraction of sp³-hybridized carbons (Fsp3) is 0.579. The summed E-state index contributed by atoms with van der Waals surface area (Å²) in [5.41, 5.74) is 1.03. The number of amides is 2. The van der Waals surface area contributed by atoms with Gasteiger partial charge >= 0.3 is 0 Å². The van der Waals surface area contributed by atoms with Gasteiger partial charge < -0.3 is 14.5 Å². The van der Waals surface area contributed by atoms with Crippen molar-refractivity contribution in [2.75, 3.05) is 32.8 Å². The van der Waals surface area contributed by atoms with Gasteiger partial charge in [-0.25, -0.2) is 0 Å². The Morgan fingerprint density at radius 1 is 1.31 bits per heavy atom. The van der Waals surface area contributed by atoms with Gasteiger partial charge in [0.25, 0.3) is 0 Å². The molecule has 26 heavy (non-hydrogen) atoms. The molecule has 0 bridgehead atoms. The van der Waals surface area contributed by atoms with Crippen LogP contribution >= 0.6 is 22.9 Å². The molecule has 1 aromatic heterocycles. The van der Waals surface area contributed by atoms with Crippen LogP contribution in [0.5, 0.6) is 0 Å². The summed E-state index contributed by atoms with van der Waals surface area (Å²) in [6, 6.07) is 2.06. The van der Waals surface area contributed by atoms with Crippen LogP contribution in [0, 0.1) is 5.92 Å². The second-order valence-corrected chi connectivity index (χ2v) is 8.98. The number of ether oxygens (including phenoxy) is 1. The fourth-order valence-corrected chi connectivity index (χ4v) is 5.90. The minimum Gasteiger partial charge on any atom is -0.369 e. The van der Waals surface area contributed by atoms with Crippen LogP contribution in [0.15, 0.2) is 18.7 Å². The predicted octanol–water partition coefficient (Wildman–Crippen LogP) is 2.83. The van der Waals surface area contributed by atoms with Crippen molar-refractivity contribution in [2.45, 2.75) is 31.3 Å². The molecule has 0 N–H and O–H groups in total. The van der Waals surface area contributed by atoms with Crippen LogP contribution in [0.3, 0.4) is 0 Å². The summed E-state index contributed by atoms with van der Waals surface area (Å²) in [5.74, 6) is -0.0120. The number of hydrogen-bond donors (Lipinski definition) is 0. The molecule has 0 radical (unpaired) electrons. The predicted molar refractivity (Wildman–Crippen MR) is 101 cm³/mol. The van der Waals surface area contributed by atoms with E-state index in [1.54, 1.807) is 16.2 Å². The number of hydrogen-bond acceptors (Lipinski definition) is 4. The molecule has 7 heteroatoms. The van der Waals surface area contributed by atoms with Crippen LogP contribution in [0.25, 0.3) is 0 Å². The molecule has 2 fully saturated rings. The normalized spacial score (nSPS) is 24.6. The molecule has 3 aliphatic heterocycles. The standard InChI is InChI=1S/C19H23ClN2O3S/c1-2-16(23)22-7-3-14(12-22)18(24)21-8-5-19(6-9-21)17-13(4-10-25-19)11-15(20)26-17/h2,11,14H,1,3-10,12H2. The SMILES string of the molecule is C=CC(=O)N1CCC(C(=O)N2CCC3(CC2)OCCc2cc(Cl)sc23)C1. The Morgan fingerprint density at radius 2 is 2.08 bits per heavy atom.